The summed E-state index contributed by atoms with van der Waals surface area (Å²) < 4.78 is 5.89. The zero-order valence-electron chi connectivity index (χ0n) is 11.1. The molecule has 1 aliphatic rings. The Morgan fingerprint density at radius 2 is 2.50 bits per heavy atom. The molecule has 0 amide bonds. The van der Waals surface area contributed by atoms with Crippen LogP contribution in [0.3, 0.4) is 0 Å². The number of nitrogens with zero attached hydrogens (tertiary/aromatic N) is 1. The highest BCUT2D eigenvalue weighted by Gasteiger charge is 2.41. The molecular weight excluding hydrogens is 246 g/mol. The van der Waals surface area contributed by atoms with Gasteiger partial charge in [-0.15, -0.1) is 11.3 Å². The van der Waals surface area contributed by atoms with E-state index in [0.717, 1.165) is 24.1 Å². The maximum atomic E-state index is 12.6. The molecule has 2 rings (SSSR count). The molecule has 1 aromatic rings. The molecule has 0 aromatic carbocycles. The fourth-order valence-corrected chi connectivity index (χ4v) is 3.49. The van der Waals surface area contributed by atoms with Crippen molar-refractivity contribution >= 4 is 17.1 Å². The van der Waals surface area contributed by atoms with Crippen molar-refractivity contribution in [3.05, 3.63) is 16.6 Å². The van der Waals surface area contributed by atoms with Crippen LogP contribution in [-0.4, -0.2) is 23.0 Å². The average molecular weight is 267 g/mol. The molecule has 0 aliphatic heterocycles. The van der Waals surface area contributed by atoms with Crippen molar-refractivity contribution in [1.29, 1.82) is 0 Å². The quantitative estimate of drug-likeness (QED) is 0.822. The van der Waals surface area contributed by atoms with Gasteiger partial charge in [-0.05, 0) is 32.1 Å². The molecular formula is C14H21NO2S. The molecule has 18 heavy (non-hydrogen) atoms. The van der Waals surface area contributed by atoms with Crippen molar-refractivity contribution in [2.45, 2.75) is 51.6 Å². The van der Waals surface area contributed by atoms with E-state index in [2.05, 4.69) is 11.9 Å². The first-order valence-electron chi connectivity index (χ1n) is 6.71. The first kappa shape index (κ1) is 13.7. The van der Waals surface area contributed by atoms with Crippen LogP contribution in [0.2, 0.25) is 0 Å². The summed E-state index contributed by atoms with van der Waals surface area (Å²) >= 11 is 1.55. The van der Waals surface area contributed by atoms with E-state index in [4.69, 9.17) is 4.74 Å². The Kier molecular flexibility index (Phi) is 4.51. The summed E-state index contributed by atoms with van der Waals surface area (Å²) in [6.07, 6.45) is 6.31. The molecule has 0 spiro atoms. The van der Waals surface area contributed by atoms with Gasteiger partial charge >= 0.3 is 0 Å². The van der Waals surface area contributed by atoms with Gasteiger partial charge in [-0.25, -0.2) is 0 Å². The zero-order valence-corrected chi connectivity index (χ0v) is 12.0. The van der Waals surface area contributed by atoms with E-state index in [9.17, 15) is 4.79 Å². The van der Waals surface area contributed by atoms with E-state index in [-0.39, 0.29) is 5.78 Å². The van der Waals surface area contributed by atoms with Gasteiger partial charge in [0.15, 0.2) is 5.78 Å². The number of ether oxygens (including phenoxy) is 1. The summed E-state index contributed by atoms with van der Waals surface area (Å²) in [4.78, 5) is 17.6. The van der Waals surface area contributed by atoms with Gasteiger partial charge in [-0.1, -0.05) is 13.3 Å². The minimum absolute atomic E-state index is 0.236. The highest BCUT2D eigenvalue weighted by Crippen LogP contribution is 2.36. The minimum Gasteiger partial charge on any atom is -0.367 e. The van der Waals surface area contributed by atoms with E-state index in [1.165, 1.54) is 6.42 Å². The van der Waals surface area contributed by atoms with Crippen LogP contribution < -0.4 is 0 Å². The Labute approximate surface area is 113 Å². The topological polar surface area (TPSA) is 39.2 Å². The highest BCUT2D eigenvalue weighted by molar-refractivity contribution is 7.09. The van der Waals surface area contributed by atoms with Gasteiger partial charge in [0.05, 0.1) is 5.51 Å². The maximum absolute atomic E-state index is 12.6. The maximum Gasteiger partial charge on any atom is 0.169 e. The molecule has 2 atom stereocenters. The molecule has 4 heteroatoms. The predicted molar refractivity (Wildman–Crippen MR) is 72.8 cm³/mol. The van der Waals surface area contributed by atoms with Gasteiger partial charge in [-0.3, -0.25) is 9.78 Å². The lowest BCUT2D eigenvalue weighted by molar-refractivity contribution is -0.150. The number of rotatable bonds is 5. The molecule has 0 radical (unpaired) electrons. The van der Waals surface area contributed by atoms with Crippen molar-refractivity contribution in [2.24, 2.45) is 5.92 Å². The van der Waals surface area contributed by atoms with Gasteiger partial charge < -0.3 is 4.74 Å². The summed E-state index contributed by atoms with van der Waals surface area (Å²) in [6.45, 7) is 4.80. The minimum atomic E-state index is -0.531. The molecule has 100 valence electrons. The largest absolute Gasteiger partial charge is 0.367 e. The second-order valence-electron chi connectivity index (χ2n) is 5.20. The van der Waals surface area contributed by atoms with Gasteiger partial charge in [0, 0.05) is 24.1 Å². The van der Waals surface area contributed by atoms with E-state index < -0.39 is 5.60 Å². The zero-order chi connectivity index (χ0) is 13.0. The van der Waals surface area contributed by atoms with E-state index in [0.29, 0.717) is 18.9 Å². The summed E-state index contributed by atoms with van der Waals surface area (Å²) in [6, 6.07) is 0. The molecule has 1 saturated carbocycles. The first-order valence-corrected chi connectivity index (χ1v) is 7.59. The van der Waals surface area contributed by atoms with Crippen LogP contribution in [0, 0.1) is 5.92 Å². The lowest BCUT2D eigenvalue weighted by atomic mass is 9.75. The summed E-state index contributed by atoms with van der Waals surface area (Å²) in [5, 5.41) is 0. The predicted octanol–water partition coefficient (Wildman–Crippen LogP) is 3.24. The van der Waals surface area contributed by atoms with Crippen LogP contribution in [0.15, 0.2) is 11.7 Å². The highest BCUT2D eigenvalue weighted by atomic mass is 32.1. The third-order valence-corrected chi connectivity index (χ3v) is 4.48. The molecule has 1 fully saturated rings. The van der Waals surface area contributed by atoms with E-state index >= 15 is 0 Å². The van der Waals surface area contributed by atoms with Crippen molar-refractivity contribution in [3.63, 3.8) is 0 Å². The summed E-state index contributed by atoms with van der Waals surface area (Å²) in [5.41, 5.74) is 1.25. The Morgan fingerprint density at radius 3 is 3.11 bits per heavy atom. The van der Waals surface area contributed by atoms with Crippen molar-refractivity contribution in [3.8, 4) is 0 Å². The normalized spacial score (nSPS) is 28.2. The number of ketones is 1. The number of Topliss-reactive ketones (excluding diaryl/α,β-unsaturated/α-hetero) is 1. The monoisotopic (exact) mass is 267 g/mol. The van der Waals surface area contributed by atoms with Gasteiger partial charge in [0.25, 0.3) is 0 Å². The Balaban J connectivity index is 2.10. The Hall–Kier alpha value is -0.740. The number of aromatic nitrogens is 1. The van der Waals surface area contributed by atoms with Gasteiger partial charge in [0.2, 0.25) is 0 Å². The van der Waals surface area contributed by atoms with Crippen LogP contribution in [0.4, 0.5) is 0 Å². The molecule has 0 bridgehead atoms. The summed E-state index contributed by atoms with van der Waals surface area (Å²) in [5.74, 6) is 0.816. The second-order valence-corrected chi connectivity index (χ2v) is 6.17. The van der Waals surface area contributed by atoms with Crippen molar-refractivity contribution in [2.75, 3.05) is 6.61 Å². The lowest BCUT2D eigenvalue weighted by Gasteiger charge is -2.38. The van der Waals surface area contributed by atoms with Crippen LogP contribution in [-0.2, 0) is 16.0 Å². The molecule has 0 saturated heterocycles. The average Bonchev–Trinajstić information content (AvgIpc) is 2.82. The fraction of sp³-hybridized carbons (Fsp3) is 0.714. The van der Waals surface area contributed by atoms with Crippen LogP contribution >= 0.6 is 11.3 Å². The molecule has 0 N–H and O–H groups in total. The van der Waals surface area contributed by atoms with Gasteiger partial charge in [-0.2, -0.15) is 0 Å². The number of carbonyl (C=O) groups excluding carboxylic acids is 1. The Morgan fingerprint density at radius 1 is 1.67 bits per heavy atom. The molecule has 1 aliphatic carbocycles. The smallest absolute Gasteiger partial charge is 0.169 e. The number of hydrogen-bond acceptors (Lipinski definition) is 4. The molecule has 1 aromatic heterocycles. The molecule has 2 unspecified atom stereocenters. The van der Waals surface area contributed by atoms with Crippen molar-refractivity contribution < 1.29 is 9.53 Å². The van der Waals surface area contributed by atoms with Crippen LogP contribution in [0.5, 0.6) is 0 Å². The number of thiazole rings is 1. The number of hydrogen-bond donors (Lipinski definition) is 0. The fourth-order valence-electron chi connectivity index (χ4n) is 2.89. The van der Waals surface area contributed by atoms with Crippen LogP contribution in [0.25, 0.3) is 0 Å². The lowest BCUT2D eigenvalue weighted by Crippen LogP contribution is -2.46. The SMILES string of the molecule is CCOC1(C(=O)Cc2cncs2)CCCC(C)C1. The molecule has 3 nitrogen and oxygen atoms in total. The standard InChI is InChI=1S/C14H21NO2S/c1-3-17-14(6-4-5-11(2)8-14)13(16)7-12-9-15-10-18-12/h9-11H,3-8H2,1-2H3. The van der Waals surface area contributed by atoms with Crippen LogP contribution in [0.1, 0.15) is 44.4 Å². The first-order chi connectivity index (χ1) is 8.66. The third-order valence-electron chi connectivity index (χ3n) is 3.70. The van der Waals surface area contributed by atoms with E-state index in [1.807, 2.05) is 6.92 Å². The molecule has 1 heterocycles. The van der Waals surface area contributed by atoms with Gasteiger partial charge in [0.1, 0.15) is 5.60 Å². The van der Waals surface area contributed by atoms with E-state index in [1.54, 1.807) is 23.0 Å². The number of carbonyl (C=O) groups is 1. The van der Waals surface area contributed by atoms with Crippen molar-refractivity contribution in [1.82, 2.24) is 4.98 Å². The summed E-state index contributed by atoms with van der Waals surface area (Å²) in [7, 11) is 0. The second kappa shape index (κ2) is 5.93. The third kappa shape index (κ3) is 2.98. The Bertz CT molecular complexity index is 387.